The van der Waals surface area contributed by atoms with Gasteiger partial charge in [-0.25, -0.2) is 4.98 Å². The maximum Gasteiger partial charge on any atom is 0.132 e. The molecule has 0 bridgehead atoms. The van der Waals surface area contributed by atoms with E-state index in [0.717, 1.165) is 0 Å². The van der Waals surface area contributed by atoms with Gasteiger partial charge in [0.25, 0.3) is 0 Å². The maximum atomic E-state index is 8.98. The summed E-state index contributed by atoms with van der Waals surface area (Å²) in [7, 11) is 1.60. The van der Waals surface area contributed by atoms with Crippen molar-refractivity contribution in [3.05, 3.63) is 22.8 Å². The van der Waals surface area contributed by atoms with E-state index in [1.54, 1.807) is 13.2 Å². The number of ether oxygens (including phenoxy) is 1. The van der Waals surface area contributed by atoms with Crippen LogP contribution in [0.5, 0.6) is 0 Å². The van der Waals surface area contributed by atoms with Crippen molar-refractivity contribution < 1.29 is 9.84 Å². The van der Waals surface area contributed by atoms with E-state index in [-0.39, 0.29) is 11.8 Å². The summed E-state index contributed by atoms with van der Waals surface area (Å²) in [5.74, 6) is 0.570. The van der Waals surface area contributed by atoms with E-state index in [9.17, 15) is 0 Å². The summed E-state index contributed by atoms with van der Waals surface area (Å²) in [4.78, 5) is 5.94. The number of aliphatic hydroxyl groups excluding tert-OH is 1. The Labute approximate surface area is 105 Å². The predicted octanol–water partition coefficient (Wildman–Crippen LogP) is 1.05. The number of hydrogen-bond acceptors (Lipinski definition) is 5. The first-order valence-corrected chi connectivity index (χ1v) is 5.51. The molecular weight excluding hydrogens is 242 g/mol. The van der Waals surface area contributed by atoms with E-state index in [4.69, 9.17) is 26.7 Å². The zero-order chi connectivity index (χ0) is 12.7. The van der Waals surface area contributed by atoms with Crippen LogP contribution in [-0.4, -0.2) is 43.5 Å². The van der Waals surface area contributed by atoms with Crippen molar-refractivity contribution in [1.29, 1.82) is 5.26 Å². The molecule has 0 aliphatic rings. The molecule has 6 heteroatoms. The van der Waals surface area contributed by atoms with Crippen molar-refractivity contribution in [1.82, 2.24) is 4.98 Å². The van der Waals surface area contributed by atoms with Crippen molar-refractivity contribution in [2.45, 2.75) is 0 Å². The van der Waals surface area contributed by atoms with E-state index >= 15 is 0 Å². The van der Waals surface area contributed by atoms with Crippen molar-refractivity contribution in [2.75, 3.05) is 38.3 Å². The van der Waals surface area contributed by atoms with Gasteiger partial charge in [-0.15, -0.1) is 0 Å². The van der Waals surface area contributed by atoms with Crippen molar-refractivity contribution >= 4 is 17.4 Å². The first-order valence-electron chi connectivity index (χ1n) is 5.13. The normalized spacial score (nSPS) is 10.0. The smallest absolute Gasteiger partial charge is 0.132 e. The molecule has 92 valence electrons. The average molecular weight is 256 g/mol. The molecule has 1 aromatic rings. The lowest BCUT2D eigenvalue weighted by Crippen LogP contribution is -2.31. The van der Waals surface area contributed by atoms with Crippen LogP contribution in [0.3, 0.4) is 0 Å². The highest BCUT2D eigenvalue weighted by atomic mass is 35.5. The monoisotopic (exact) mass is 255 g/mol. The predicted molar refractivity (Wildman–Crippen MR) is 65.1 cm³/mol. The minimum absolute atomic E-state index is 0.000204. The number of halogens is 1. The number of nitriles is 1. The van der Waals surface area contributed by atoms with Crippen LogP contribution in [0.2, 0.25) is 5.15 Å². The van der Waals surface area contributed by atoms with Crippen LogP contribution >= 0.6 is 11.6 Å². The zero-order valence-electron chi connectivity index (χ0n) is 9.56. The molecule has 1 aromatic heterocycles. The molecule has 1 heterocycles. The van der Waals surface area contributed by atoms with Crippen LogP contribution in [0, 0.1) is 11.3 Å². The highest BCUT2D eigenvalue weighted by molar-refractivity contribution is 6.29. The van der Waals surface area contributed by atoms with Gasteiger partial charge < -0.3 is 14.7 Å². The lowest BCUT2D eigenvalue weighted by Gasteiger charge is -2.22. The second-order valence-corrected chi connectivity index (χ2v) is 3.74. The molecule has 0 aliphatic heterocycles. The average Bonchev–Trinajstić information content (AvgIpc) is 2.33. The van der Waals surface area contributed by atoms with E-state index in [0.29, 0.717) is 31.1 Å². The third-order valence-electron chi connectivity index (χ3n) is 2.17. The summed E-state index contributed by atoms with van der Waals surface area (Å²) in [6, 6.07) is 5.15. The number of aromatic nitrogens is 1. The summed E-state index contributed by atoms with van der Waals surface area (Å²) < 4.78 is 4.98. The molecule has 17 heavy (non-hydrogen) atoms. The molecule has 0 radical (unpaired) electrons. The van der Waals surface area contributed by atoms with Gasteiger partial charge in [-0.05, 0) is 12.1 Å². The molecule has 0 unspecified atom stereocenters. The van der Waals surface area contributed by atoms with Gasteiger partial charge >= 0.3 is 0 Å². The summed E-state index contributed by atoms with van der Waals surface area (Å²) in [6.07, 6.45) is 0. The number of pyridine rings is 1. The van der Waals surface area contributed by atoms with Crippen LogP contribution in [0.25, 0.3) is 0 Å². The molecule has 0 aromatic carbocycles. The Kier molecular flexibility index (Phi) is 5.70. The third kappa shape index (κ3) is 4.19. The molecular formula is C11H14ClN3O2. The fourth-order valence-corrected chi connectivity index (χ4v) is 1.58. The Bertz CT molecular complexity index is 406. The van der Waals surface area contributed by atoms with Crippen molar-refractivity contribution in [2.24, 2.45) is 0 Å². The number of aliphatic hydroxyl groups is 1. The standard InChI is InChI=1S/C11H14ClN3O2/c1-17-5-3-15(2-4-16)11-7-9(8-13)6-10(12)14-11/h6-7,16H,2-5H2,1H3. The minimum atomic E-state index is -0.000204. The molecule has 0 amide bonds. The van der Waals surface area contributed by atoms with Gasteiger partial charge in [0.05, 0.1) is 24.8 Å². The second-order valence-electron chi connectivity index (χ2n) is 3.35. The van der Waals surface area contributed by atoms with Crippen LogP contribution in [0.4, 0.5) is 5.82 Å². The lowest BCUT2D eigenvalue weighted by molar-refractivity contribution is 0.202. The number of hydrogen-bond donors (Lipinski definition) is 1. The van der Waals surface area contributed by atoms with Crippen LogP contribution in [-0.2, 0) is 4.74 Å². The molecule has 1 rings (SSSR count). The van der Waals surface area contributed by atoms with E-state index in [1.165, 1.54) is 6.07 Å². The number of rotatable bonds is 6. The fraction of sp³-hybridized carbons (Fsp3) is 0.455. The van der Waals surface area contributed by atoms with Gasteiger partial charge in [-0.2, -0.15) is 5.26 Å². The van der Waals surface area contributed by atoms with Crippen LogP contribution < -0.4 is 4.90 Å². The zero-order valence-corrected chi connectivity index (χ0v) is 10.3. The van der Waals surface area contributed by atoms with Gasteiger partial charge in [-0.3, -0.25) is 0 Å². The van der Waals surface area contributed by atoms with Gasteiger partial charge in [0, 0.05) is 20.2 Å². The van der Waals surface area contributed by atoms with Crippen LogP contribution in [0.15, 0.2) is 12.1 Å². The minimum Gasteiger partial charge on any atom is -0.395 e. The molecule has 5 nitrogen and oxygen atoms in total. The molecule has 0 atom stereocenters. The first kappa shape index (κ1) is 13.7. The molecule has 0 saturated heterocycles. The topological polar surface area (TPSA) is 69.4 Å². The Morgan fingerprint density at radius 2 is 2.29 bits per heavy atom. The Morgan fingerprint density at radius 3 is 2.88 bits per heavy atom. The van der Waals surface area contributed by atoms with Gasteiger partial charge in [0.2, 0.25) is 0 Å². The highest BCUT2D eigenvalue weighted by Crippen LogP contribution is 2.17. The first-order chi connectivity index (χ1) is 8.21. The Balaban J connectivity index is 2.92. The van der Waals surface area contributed by atoms with Crippen molar-refractivity contribution in [3.8, 4) is 6.07 Å². The van der Waals surface area contributed by atoms with E-state index in [2.05, 4.69) is 4.98 Å². The molecule has 0 spiro atoms. The van der Waals surface area contributed by atoms with Crippen LogP contribution in [0.1, 0.15) is 5.56 Å². The fourth-order valence-electron chi connectivity index (χ4n) is 1.37. The van der Waals surface area contributed by atoms with Crippen molar-refractivity contribution in [3.63, 3.8) is 0 Å². The molecule has 0 fully saturated rings. The summed E-state index contributed by atoms with van der Waals surface area (Å²) in [5, 5.41) is 18.1. The largest absolute Gasteiger partial charge is 0.395 e. The van der Waals surface area contributed by atoms with E-state index in [1.807, 2.05) is 11.0 Å². The van der Waals surface area contributed by atoms with Gasteiger partial charge in [-0.1, -0.05) is 11.6 Å². The lowest BCUT2D eigenvalue weighted by atomic mass is 10.3. The SMILES string of the molecule is COCCN(CCO)c1cc(C#N)cc(Cl)n1. The molecule has 1 N–H and O–H groups in total. The van der Waals surface area contributed by atoms with E-state index < -0.39 is 0 Å². The van der Waals surface area contributed by atoms with Gasteiger partial charge in [0.15, 0.2) is 0 Å². The third-order valence-corrected chi connectivity index (χ3v) is 2.36. The van der Waals surface area contributed by atoms with Gasteiger partial charge in [0.1, 0.15) is 11.0 Å². The Morgan fingerprint density at radius 1 is 1.53 bits per heavy atom. The highest BCUT2D eigenvalue weighted by Gasteiger charge is 2.09. The quantitative estimate of drug-likeness (QED) is 0.770. The molecule has 0 saturated carbocycles. The maximum absolute atomic E-state index is 8.98. The number of nitrogens with zero attached hydrogens (tertiary/aromatic N) is 3. The Hall–Kier alpha value is -1.35. The summed E-state index contributed by atoms with van der Waals surface area (Å²) >= 11 is 5.82. The number of methoxy groups -OCH3 is 1. The second kappa shape index (κ2) is 7.07. The molecule has 0 aliphatic carbocycles. The summed E-state index contributed by atoms with van der Waals surface area (Å²) in [5.41, 5.74) is 0.445. The summed E-state index contributed by atoms with van der Waals surface area (Å²) in [6.45, 7) is 1.51. The number of anilines is 1.